The predicted molar refractivity (Wildman–Crippen MR) is 143 cm³/mol. The molecule has 0 aliphatic carbocycles. The van der Waals surface area contributed by atoms with Gasteiger partial charge in [-0.25, -0.2) is 0 Å². The average Bonchev–Trinajstić information content (AvgIpc) is 3.04. The topological polar surface area (TPSA) is 90.0 Å². The van der Waals surface area contributed by atoms with Crippen molar-refractivity contribution in [3.63, 3.8) is 0 Å². The summed E-state index contributed by atoms with van der Waals surface area (Å²) in [5, 5.41) is 12.1. The minimum absolute atomic E-state index is 0. The average molecular weight is 512 g/mol. The van der Waals surface area contributed by atoms with Crippen molar-refractivity contribution in [3.8, 4) is 0 Å². The standard InChI is InChI=1S/C28H29N3O4.K.H/c1-19-8-3-4-9-22(19)27(34)29-21-15-13-20(14-16-21)28(35)31-17-7-12-24(30(2)18-26(32)33)23-10-5-6-11-25(23)31;;/h3-6,8-11,13-16,24H,7,12,17-18H2,1-2H3,(H,29,34)(H,32,33);;. The molecule has 1 heterocycles. The number of rotatable bonds is 6. The Morgan fingerprint density at radius 1 is 1.00 bits per heavy atom. The van der Waals surface area contributed by atoms with Gasteiger partial charge < -0.3 is 15.3 Å². The number of aryl methyl sites for hydroxylation is 1. The van der Waals surface area contributed by atoms with Gasteiger partial charge in [0.2, 0.25) is 0 Å². The van der Waals surface area contributed by atoms with Crippen molar-refractivity contribution in [3.05, 3.63) is 95.1 Å². The zero-order valence-electron chi connectivity index (χ0n) is 19.9. The molecule has 0 saturated carbocycles. The number of aliphatic carboxylic acids is 1. The number of para-hydroxylation sites is 1. The number of carboxylic acid groups (broad SMARTS) is 1. The van der Waals surface area contributed by atoms with Crippen LogP contribution in [0.1, 0.15) is 50.7 Å². The molecule has 0 fully saturated rings. The second-order valence-corrected chi connectivity index (χ2v) is 8.83. The molecule has 0 radical (unpaired) electrons. The van der Waals surface area contributed by atoms with Gasteiger partial charge in [-0.2, -0.15) is 0 Å². The summed E-state index contributed by atoms with van der Waals surface area (Å²) in [6.07, 6.45) is 1.51. The molecule has 2 amide bonds. The van der Waals surface area contributed by atoms with Crippen molar-refractivity contribution in [2.24, 2.45) is 0 Å². The molecular formula is C28H30KN3O4. The van der Waals surface area contributed by atoms with E-state index in [4.69, 9.17) is 0 Å². The van der Waals surface area contributed by atoms with Crippen LogP contribution in [0.5, 0.6) is 0 Å². The molecule has 2 N–H and O–H groups in total. The number of carbonyl (C=O) groups excluding carboxylic acids is 2. The number of benzene rings is 3. The quantitative estimate of drug-likeness (QED) is 0.487. The van der Waals surface area contributed by atoms with E-state index in [1.54, 1.807) is 42.3 Å². The Kier molecular flexibility index (Phi) is 10.0. The van der Waals surface area contributed by atoms with E-state index in [0.29, 0.717) is 23.4 Å². The van der Waals surface area contributed by atoms with E-state index in [0.717, 1.165) is 29.7 Å². The van der Waals surface area contributed by atoms with Gasteiger partial charge in [0.05, 0.1) is 6.54 Å². The van der Waals surface area contributed by atoms with E-state index in [2.05, 4.69) is 5.32 Å². The van der Waals surface area contributed by atoms with Crippen LogP contribution in [0.3, 0.4) is 0 Å². The van der Waals surface area contributed by atoms with Crippen LogP contribution in [0.15, 0.2) is 72.8 Å². The fourth-order valence-electron chi connectivity index (χ4n) is 4.60. The summed E-state index contributed by atoms with van der Waals surface area (Å²) < 4.78 is 0. The minimum atomic E-state index is -0.878. The van der Waals surface area contributed by atoms with Gasteiger partial charge >= 0.3 is 57.4 Å². The number of likely N-dealkylation sites (N-methyl/N-ethyl adjacent to an activating group) is 1. The van der Waals surface area contributed by atoms with E-state index < -0.39 is 5.97 Å². The molecule has 1 atom stereocenters. The first-order valence-corrected chi connectivity index (χ1v) is 11.6. The molecular weight excluding hydrogens is 481 g/mol. The Bertz CT molecular complexity index is 1250. The van der Waals surface area contributed by atoms with Crippen molar-refractivity contribution < 1.29 is 19.5 Å². The molecule has 8 heteroatoms. The fraction of sp³-hybridized carbons (Fsp3) is 0.250. The molecule has 1 aliphatic heterocycles. The first-order valence-electron chi connectivity index (χ1n) is 11.6. The SMILES string of the molecule is Cc1ccccc1C(=O)Nc1ccc(C(=O)N2CCCC(N(C)CC(=O)O)c3ccccc32)cc1.[KH]. The Balaban J connectivity index is 0.00000361. The summed E-state index contributed by atoms with van der Waals surface area (Å²) in [7, 11) is 1.80. The summed E-state index contributed by atoms with van der Waals surface area (Å²) >= 11 is 0. The van der Waals surface area contributed by atoms with Crippen molar-refractivity contribution in [1.29, 1.82) is 0 Å². The van der Waals surface area contributed by atoms with E-state index in [9.17, 15) is 19.5 Å². The molecule has 7 nitrogen and oxygen atoms in total. The Morgan fingerprint density at radius 3 is 2.36 bits per heavy atom. The molecule has 1 aliphatic rings. The number of carbonyl (C=O) groups is 3. The molecule has 0 aromatic heterocycles. The van der Waals surface area contributed by atoms with Crippen LogP contribution in [-0.4, -0.2) is 99.3 Å². The van der Waals surface area contributed by atoms with Crippen LogP contribution < -0.4 is 10.2 Å². The Morgan fingerprint density at radius 2 is 1.67 bits per heavy atom. The molecule has 1 unspecified atom stereocenters. The normalized spacial score (nSPS) is 14.9. The van der Waals surface area contributed by atoms with Crippen molar-refractivity contribution in [2.45, 2.75) is 25.8 Å². The number of amides is 2. The van der Waals surface area contributed by atoms with Gasteiger partial charge in [-0.1, -0.05) is 36.4 Å². The first-order chi connectivity index (χ1) is 16.8. The van der Waals surface area contributed by atoms with Crippen LogP contribution >= 0.6 is 0 Å². The van der Waals surface area contributed by atoms with Gasteiger partial charge in [-0.15, -0.1) is 0 Å². The van der Waals surface area contributed by atoms with Crippen LogP contribution in [0.2, 0.25) is 0 Å². The summed E-state index contributed by atoms with van der Waals surface area (Å²) in [6, 6.07) is 21.9. The summed E-state index contributed by atoms with van der Waals surface area (Å²) in [5.41, 5.74) is 4.38. The summed E-state index contributed by atoms with van der Waals surface area (Å²) in [5.74, 6) is -1.20. The monoisotopic (exact) mass is 511 g/mol. The third kappa shape index (κ3) is 6.50. The molecule has 3 aromatic rings. The van der Waals surface area contributed by atoms with Crippen LogP contribution in [-0.2, 0) is 4.79 Å². The molecule has 4 rings (SSSR count). The number of hydrogen-bond acceptors (Lipinski definition) is 4. The maximum atomic E-state index is 13.5. The van der Waals surface area contributed by atoms with Gasteiger partial charge in [0, 0.05) is 35.1 Å². The fourth-order valence-corrected chi connectivity index (χ4v) is 4.60. The van der Waals surface area contributed by atoms with Crippen molar-refractivity contribution in [2.75, 3.05) is 30.4 Å². The molecule has 3 aromatic carbocycles. The zero-order chi connectivity index (χ0) is 24.9. The van der Waals surface area contributed by atoms with Crippen LogP contribution in [0.25, 0.3) is 0 Å². The number of carboxylic acids is 1. The van der Waals surface area contributed by atoms with E-state index >= 15 is 0 Å². The molecule has 0 saturated heterocycles. The van der Waals surface area contributed by atoms with E-state index in [1.165, 1.54) is 0 Å². The number of nitrogens with zero attached hydrogens (tertiary/aromatic N) is 2. The van der Waals surface area contributed by atoms with Crippen molar-refractivity contribution >= 4 is 80.5 Å². The summed E-state index contributed by atoms with van der Waals surface area (Å²) in [4.78, 5) is 41.0. The van der Waals surface area contributed by atoms with Gasteiger partial charge in [0.1, 0.15) is 0 Å². The van der Waals surface area contributed by atoms with Gasteiger partial charge in [-0.3, -0.25) is 19.3 Å². The van der Waals surface area contributed by atoms with Crippen LogP contribution in [0, 0.1) is 6.92 Å². The van der Waals surface area contributed by atoms with Crippen molar-refractivity contribution in [1.82, 2.24) is 4.90 Å². The molecule has 36 heavy (non-hydrogen) atoms. The second-order valence-electron chi connectivity index (χ2n) is 8.83. The predicted octanol–water partition coefficient (Wildman–Crippen LogP) is 4.10. The van der Waals surface area contributed by atoms with Gasteiger partial charge in [-0.05, 0) is 74.3 Å². The van der Waals surface area contributed by atoms with Gasteiger partial charge in [0.25, 0.3) is 11.8 Å². The number of nitrogens with one attached hydrogen (secondary N) is 1. The number of anilines is 2. The number of hydrogen-bond donors (Lipinski definition) is 2. The second kappa shape index (κ2) is 12.8. The van der Waals surface area contributed by atoms with Gasteiger partial charge in [0.15, 0.2) is 0 Å². The zero-order valence-corrected chi connectivity index (χ0v) is 19.9. The third-order valence-electron chi connectivity index (χ3n) is 6.39. The number of fused-ring (bicyclic) bond motifs is 1. The third-order valence-corrected chi connectivity index (χ3v) is 6.39. The van der Waals surface area contributed by atoms with Crippen LogP contribution in [0.4, 0.5) is 11.4 Å². The molecule has 0 spiro atoms. The first kappa shape index (κ1) is 28.2. The Hall–Kier alpha value is -2.33. The molecule has 182 valence electrons. The van der Waals surface area contributed by atoms with E-state index in [-0.39, 0.29) is 75.8 Å². The maximum absolute atomic E-state index is 13.5. The molecule has 0 bridgehead atoms. The Labute approximate surface area is 253 Å². The van der Waals surface area contributed by atoms with E-state index in [1.807, 2.05) is 54.3 Å². The summed E-state index contributed by atoms with van der Waals surface area (Å²) in [6.45, 7) is 2.36.